The quantitative estimate of drug-likeness (QED) is 0.533. The molecule has 2 aromatic rings. The molecular weight excluding hydrogens is 483 g/mol. The van der Waals surface area contributed by atoms with E-state index in [1.807, 2.05) is 16.5 Å². The number of aliphatic imine (C=N–C) groups is 1. The van der Waals surface area contributed by atoms with Crippen molar-refractivity contribution in [3.05, 3.63) is 47.6 Å². The Labute approximate surface area is 224 Å². The molecule has 1 amide bonds. The minimum Gasteiger partial charge on any atom is -0.399 e. The van der Waals surface area contributed by atoms with Crippen LogP contribution in [0.1, 0.15) is 66.4 Å². The Kier molecular flexibility index (Phi) is 7.07. The largest absolute Gasteiger partial charge is 0.494 e. The Morgan fingerprint density at radius 1 is 1.16 bits per heavy atom. The number of benzene rings is 1. The first-order valence-corrected chi connectivity index (χ1v) is 14.1. The molecule has 1 N–H and O–H groups in total. The van der Waals surface area contributed by atoms with Crippen molar-refractivity contribution in [3.8, 4) is 0 Å². The lowest BCUT2D eigenvalue weighted by Gasteiger charge is -2.32. The molecular formula is C28H37BN4O3S. The van der Waals surface area contributed by atoms with Crippen molar-refractivity contribution in [1.29, 1.82) is 0 Å². The molecule has 9 heteroatoms. The molecule has 5 rings (SSSR count). The summed E-state index contributed by atoms with van der Waals surface area (Å²) in [4.78, 5) is 24.8. The van der Waals surface area contributed by atoms with E-state index in [2.05, 4.69) is 76.1 Å². The van der Waals surface area contributed by atoms with Crippen molar-refractivity contribution in [2.75, 3.05) is 11.9 Å². The predicted molar refractivity (Wildman–Crippen MR) is 151 cm³/mol. The number of thiazole rings is 1. The molecule has 0 saturated carbocycles. The van der Waals surface area contributed by atoms with Crippen molar-refractivity contribution < 1.29 is 14.1 Å². The second kappa shape index (κ2) is 10.0. The number of carbonyl (C=O) groups excluding carboxylic acids is 1. The Bertz CT molecular complexity index is 1170. The van der Waals surface area contributed by atoms with Crippen molar-refractivity contribution in [2.45, 2.75) is 84.1 Å². The summed E-state index contributed by atoms with van der Waals surface area (Å²) < 4.78 is 12.4. The van der Waals surface area contributed by atoms with Crippen LogP contribution in [-0.4, -0.2) is 58.5 Å². The van der Waals surface area contributed by atoms with Gasteiger partial charge in [-0.25, -0.2) is 4.98 Å². The van der Waals surface area contributed by atoms with E-state index in [4.69, 9.17) is 14.3 Å². The maximum Gasteiger partial charge on any atom is 0.494 e. The fraction of sp³-hybridized carbons (Fsp3) is 0.536. The first-order valence-electron chi connectivity index (χ1n) is 13.2. The van der Waals surface area contributed by atoms with Gasteiger partial charge in [0.25, 0.3) is 0 Å². The fourth-order valence-corrected chi connectivity index (χ4v) is 5.73. The smallest absolute Gasteiger partial charge is 0.399 e. The number of rotatable bonds is 7. The van der Waals surface area contributed by atoms with Gasteiger partial charge in [-0.05, 0) is 63.1 Å². The molecule has 2 fully saturated rings. The lowest BCUT2D eigenvalue weighted by atomic mass is 9.78. The average molecular weight is 521 g/mol. The third-order valence-corrected chi connectivity index (χ3v) is 8.83. The fourth-order valence-electron chi connectivity index (χ4n) is 5.16. The number of hydrogen-bond donors (Lipinski definition) is 1. The Morgan fingerprint density at radius 3 is 2.49 bits per heavy atom. The number of nitrogens with zero attached hydrogens (tertiary/aromatic N) is 3. The third kappa shape index (κ3) is 5.13. The molecule has 2 saturated heterocycles. The first kappa shape index (κ1) is 26.1. The van der Waals surface area contributed by atoms with E-state index in [0.29, 0.717) is 0 Å². The highest BCUT2D eigenvalue weighted by Gasteiger charge is 2.51. The van der Waals surface area contributed by atoms with Crippen molar-refractivity contribution in [1.82, 2.24) is 9.88 Å². The summed E-state index contributed by atoms with van der Waals surface area (Å²) in [6.07, 6.45) is 6.44. The van der Waals surface area contributed by atoms with E-state index in [1.165, 1.54) is 16.9 Å². The Balaban J connectivity index is 1.23. The molecule has 4 heterocycles. The van der Waals surface area contributed by atoms with Gasteiger partial charge < -0.3 is 19.5 Å². The zero-order valence-corrected chi connectivity index (χ0v) is 23.5. The summed E-state index contributed by atoms with van der Waals surface area (Å²) in [5.41, 5.74) is 3.69. The molecule has 196 valence electrons. The topological polar surface area (TPSA) is 76.1 Å². The SMILES string of the molecule is CC(C)[C@H](Nc1nccs1)C(=O)N1CCC[C@H]1C1=NC=C(c2ccc(B3OC(C)(C)C(C)(C)O3)cc2)C1. The average Bonchev–Trinajstić information content (AvgIpc) is 3.64. The molecule has 3 aliphatic rings. The van der Waals surface area contributed by atoms with Gasteiger partial charge in [0.2, 0.25) is 5.91 Å². The molecule has 0 spiro atoms. The molecule has 0 unspecified atom stereocenters. The van der Waals surface area contributed by atoms with E-state index in [0.717, 1.165) is 47.7 Å². The van der Waals surface area contributed by atoms with Crippen LogP contribution in [0.3, 0.4) is 0 Å². The van der Waals surface area contributed by atoms with Gasteiger partial charge in [-0.1, -0.05) is 38.1 Å². The van der Waals surface area contributed by atoms with Gasteiger partial charge in [0, 0.05) is 36.5 Å². The Morgan fingerprint density at radius 2 is 1.86 bits per heavy atom. The monoisotopic (exact) mass is 520 g/mol. The molecule has 0 aliphatic carbocycles. The summed E-state index contributed by atoms with van der Waals surface area (Å²) in [5, 5.41) is 6.07. The van der Waals surface area contributed by atoms with E-state index >= 15 is 0 Å². The van der Waals surface area contributed by atoms with Crippen molar-refractivity contribution in [3.63, 3.8) is 0 Å². The zero-order valence-electron chi connectivity index (χ0n) is 22.7. The standard InChI is InChI=1S/C28H37BN4O3S/c1-18(2)24(32-26-30-13-15-37-26)25(34)33-14-7-8-23(33)22-16-20(17-31-22)19-9-11-21(12-10-19)29-35-27(3,4)28(5,6)36-29/h9-13,15,17-18,23-24H,7-8,14,16H2,1-6H3,(H,30,32)/t23-,24-/m0/s1. The highest BCUT2D eigenvalue weighted by Crippen LogP contribution is 2.37. The van der Waals surface area contributed by atoms with Crippen LogP contribution in [0.4, 0.5) is 5.13 Å². The molecule has 2 atom stereocenters. The maximum atomic E-state index is 13.6. The van der Waals surface area contributed by atoms with Crippen LogP contribution in [0.25, 0.3) is 5.57 Å². The van der Waals surface area contributed by atoms with Gasteiger partial charge in [0.15, 0.2) is 5.13 Å². The second-order valence-electron chi connectivity index (χ2n) is 11.6. The number of carbonyl (C=O) groups is 1. The van der Waals surface area contributed by atoms with Gasteiger partial charge in [0.05, 0.1) is 17.2 Å². The lowest BCUT2D eigenvalue weighted by molar-refractivity contribution is -0.132. The summed E-state index contributed by atoms with van der Waals surface area (Å²) in [6.45, 7) is 13.2. The highest BCUT2D eigenvalue weighted by molar-refractivity contribution is 7.13. The highest BCUT2D eigenvalue weighted by atomic mass is 32.1. The minimum absolute atomic E-state index is 0.0459. The predicted octanol–water partition coefficient (Wildman–Crippen LogP) is 4.76. The molecule has 37 heavy (non-hydrogen) atoms. The number of likely N-dealkylation sites (tertiary alicyclic amines) is 1. The summed E-state index contributed by atoms with van der Waals surface area (Å²) in [7, 11) is -0.367. The first-order chi connectivity index (χ1) is 17.6. The van der Waals surface area contributed by atoms with E-state index < -0.39 is 0 Å². The number of amides is 1. The van der Waals surface area contributed by atoms with Crippen LogP contribution in [0.5, 0.6) is 0 Å². The van der Waals surface area contributed by atoms with Gasteiger partial charge in [-0.3, -0.25) is 9.79 Å². The number of aromatic nitrogens is 1. The second-order valence-corrected chi connectivity index (χ2v) is 12.4. The van der Waals surface area contributed by atoms with Crippen LogP contribution >= 0.6 is 11.3 Å². The molecule has 1 aromatic heterocycles. The van der Waals surface area contributed by atoms with E-state index in [-0.39, 0.29) is 42.2 Å². The molecule has 1 aromatic carbocycles. The van der Waals surface area contributed by atoms with Crippen LogP contribution < -0.4 is 10.8 Å². The maximum absolute atomic E-state index is 13.6. The van der Waals surface area contributed by atoms with Crippen LogP contribution in [0.15, 0.2) is 47.0 Å². The van der Waals surface area contributed by atoms with Gasteiger partial charge in [-0.2, -0.15) is 0 Å². The normalized spacial score (nSPS) is 23.4. The van der Waals surface area contributed by atoms with Gasteiger partial charge >= 0.3 is 7.12 Å². The summed E-state index contributed by atoms with van der Waals surface area (Å²) in [6, 6.07) is 8.15. The third-order valence-electron chi connectivity index (χ3n) is 8.13. The molecule has 0 bridgehead atoms. The van der Waals surface area contributed by atoms with Crippen LogP contribution in [0.2, 0.25) is 0 Å². The van der Waals surface area contributed by atoms with Crippen LogP contribution in [0, 0.1) is 5.92 Å². The minimum atomic E-state index is -0.367. The van der Waals surface area contributed by atoms with E-state index in [1.54, 1.807) is 6.20 Å². The number of nitrogens with one attached hydrogen (secondary N) is 1. The lowest BCUT2D eigenvalue weighted by Crippen LogP contribution is -2.49. The molecule has 7 nitrogen and oxygen atoms in total. The number of hydrogen-bond acceptors (Lipinski definition) is 7. The Hall–Kier alpha value is -2.49. The summed E-state index contributed by atoms with van der Waals surface area (Å²) >= 11 is 1.52. The van der Waals surface area contributed by atoms with Crippen LogP contribution in [-0.2, 0) is 14.1 Å². The molecule has 3 aliphatic heterocycles. The molecule has 0 radical (unpaired) electrons. The van der Waals surface area contributed by atoms with E-state index in [9.17, 15) is 4.79 Å². The van der Waals surface area contributed by atoms with Crippen molar-refractivity contribution >= 4 is 46.2 Å². The zero-order chi connectivity index (χ0) is 26.4. The number of allylic oxidation sites excluding steroid dienone is 1. The van der Waals surface area contributed by atoms with Crippen molar-refractivity contribution in [2.24, 2.45) is 10.9 Å². The summed E-state index contributed by atoms with van der Waals surface area (Å²) in [5.74, 6) is 0.287. The van der Waals surface area contributed by atoms with Gasteiger partial charge in [-0.15, -0.1) is 11.3 Å². The van der Waals surface area contributed by atoms with Gasteiger partial charge in [0.1, 0.15) is 6.04 Å². The number of anilines is 1.